The molecule has 1 rings (SSSR count). The zero-order valence-corrected chi connectivity index (χ0v) is 9.63. The Morgan fingerprint density at radius 2 is 1.93 bits per heavy atom. The Morgan fingerprint density at radius 3 is 2.57 bits per heavy atom. The molecule has 2 heteroatoms. The molecular weight excluding hydrogens is 176 g/mol. The summed E-state index contributed by atoms with van der Waals surface area (Å²) in [5, 5.41) is 0. The minimum atomic E-state index is 0.427. The molecule has 14 heavy (non-hydrogen) atoms. The van der Waals surface area contributed by atoms with Crippen molar-refractivity contribution >= 4 is 0 Å². The number of hydrogen-bond acceptors (Lipinski definition) is 2. The predicted molar refractivity (Wildman–Crippen MR) is 58.5 cm³/mol. The van der Waals surface area contributed by atoms with Crippen LogP contribution in [0.3, 0.4) is 0 Å². The van der Waals surface area contributed by atoms with Crippen LogP contribution in [0, 0.1) is 5.92 Å². The number of hydrogen-bond donors (Lipinski definition) is 0. The van der Waals surface area contributed by atoms with Gasteiger partial charge in [-0.1, -0.05) is 39.5 Å². The second-order valence-corrected chi connectivity index (χ2v) is 4.63. The van der Waals surface area contributed by atoms with E-state index in [-0.39, 0.29) is 0 Å². The van der Waals surface area contributed by atoms with E-state index in [1.807, 2.05) is 0 Å². The highest BCUT2D eigenvalue weighted by atomic mass is 16.6. The van der Waals surface area contributed by atoms with Crippen molar-refractivity contribution in [1.82, 2.24) is 0 Å². The monoisotopic (exact) mass is 200 g/mol. The molecule has 0 aliphatic carbocycles. The van der Waals surface area contributed by atoms with E-state index in [4.69, 9.17) is 9.47 Å². The molecule has 0 N–H and O–H groups in total. The average Bonchev–Trinajstić information content (AvgIpc) is 2.92. The zero-order chi connectivity index (χ0) is 10.2. The molecule has 1 aliphatic heterocycles. The molecule has 84 valence electrons. The van der Waals surface area contributed by atoms with Gasteiger partial charge in [-0.3, -0.25) is 0 Å². The van der Waals surface area contributed by atoms with Gasteiger partial charge in [0, 0.05) is 6.61 Å². The van der Waals surface area contributed by atoms with Crippen LogP contribution in [0.4, 0.5) is 0 Å². The fourth-order valence-electron chi connectivity index (χ4n) is 1.49. The van der Waals surface area contributed by atoms with E-state index < -0.39 is 0 Å². The van der Waals surface area contributed by atoms with Gasteiger partial charge in [0.05, 0.1) is 13.2 Å². The fraction of sp³-hybridized carbons (Fsp3) is 1.00. The summed E-state index contributed by atoms with van der Waals surface area (Å²) >= 11 is 0. The highest BCUT2D eigenvalue weighted by Gasteiger charge is 2.21. The van der Waals surface area contributed by atoms with Crippen LogP contribution in [0.25, 0.3) is 0 Å². The van der Waals surface area contributed by atoms with E-state index in [0.29, 0.717) is 6.10 Å². The van der Waals surface area contributed by atoms with Gasteiger partial charge in [-0.2, -0.15) is 0 Å². The van der Waals surface area contributed by atoms with E-state index in [1.54, 1.807) is 0 Å². The third-order valence-corrected chi connectivity index (χ3v) is 2.53. The lowest BCUT2D eigenvalue weighted by Gasteiger charge is -2.04. The zero-order valence-electron chi connectivity index (χ0n) is 9.63. The van der Waals surface area contributed by atoms with Crippen molar-refractivity contribution in [2.24, 2.45) is 5.92 Å². The van der Waals surface area contributed by atoms with Gasteiger partial charge >= 0.3 is 0 Å². The largest absolute Gasteiger partial charge is 0.379 e. The van der Waals surface area contributed by atoms with Crippen LogP contribution in [-0.4, -0.2) is 25.9 Å². The summed E-state index contributed by atoms with van der Waals surface area (Å²) in [6.45, 7) is 7.22. The third-order valence-electron chi connectivity index (χ3n) is 2.53. The summed E-state index contributed by atoms with van der Waals surface area (Å²) in [7, 11) is 0. The lowest BCUT2D eigenvalue weighted by atomic mass is 10.0. The predicted octanol–water partition coefficient (Wildman–Crippen LogP) is 3.01. The number of epoxide rings is 1. The van der Waals surface area contributed by atoms with Crippen molar-refractivity contribution in [3.05, 3.63) is 0 Å². The molecular formula is C12H24O2. The van der Waals surface area contributed by atoms with Crippen LogP contribution in [-0.2, 0) is 9.47 Å². The first-order valence-electron chi connectivity index (χ1n) is 5.98. The maximum atomic E-state index is 5.46. The Morgan fingerprint density at radius 1 is 1.21 bits per heavy atom. The van der Waals surface area contributed by atoms with Crippen molar-refractivity contribution in [1.29, 1.82) is 0 Å². The Hall–Kier alpha value is -0.0800. The van der Waals surface area contributed by atoms with Gasteiger partial charge in [0.2, 0.25) is 0 Å². The van der Waals surface area contributed by atoms with E-state index in [0.717, 1.165) is 25.7 Å². The quantitative estimate of drug-likeness (QED) is 0.421. The van der Waals surface area contributed by atoms with Gasteiger partial charge in [-0.25, -0.2) is 0 Å². The first-order chi connectivity index (χ1) is 6.79. The number of rotatable bonds is 9. The summed E-state index contributed by atoms with van der Waals surface area (Å²) in [6, 6.07) is 0. The van der Waals surface area contributed by atoms with Crippen molar-refractivity contribution in [3.63, 3.8) is 0 Å². The second kappa shape index (κ2) is 7.24. The summed E-state index contributed by atoms with van der Waals surface area (Å²) in [6.07, 6.45) is 7.07. The fourth-order valence-corrected chi connectivity index (χ4v) is 1.49. The first-order valence-corrected chi connectivity index (χ1v) is 5.98. The maximum absolute atomic E-state index is 5.46. The Bertz CT molecular complexity index is 122. The van der Waals surface area contributed by atoms with Gasteiger partial charge in [0.15, 0.2) is 0 Å². The smallest absolute Gasteiger partial charge is 0.104 e. The van der Waals surface area contributed by atoms with Crippen molar-refractivity contribution in [3.8, 4) is 0 Å². The Labute approximate surface area is 88.0 Å². The van der Waals surface area contributed by atoms with Crippen molar-refractivity contribution in [2.45, 2.75) is 52.1 Å². The average molecular weight is 200 g/mol. The van der Waals surface area contributed by atoms with Crippen LogP contribution in [0.1, 0.15) is 46.0 Å². The molecule has 0 aromatic heterocycles. The third kappa shape index (κ3) is 7.34. The van der Waals surface area contributed by atoms with Crippen LogP contribution in [0.5, 0.6) is 0 Å². The van der Waals surface area contributed by atoms with Crippen LogP contribution < -0.4 is 0 Å². The highest BCUT2D eigenvalue weighted by Crippen LogP contribution is 2.11. The van der Waals surface area contributed by atoms with E-state index >= 15 is 0 Å². The molecule has 1 aliphatic rings. The Kier molecular flexibility index (Phi) is 6.20. The molecule has 0 aromatic rings. The number of unbranched alkanes of at least 4 members (excludes halogenated alkanes) is 3. The normalized spacial score (nSPS) is 20.4. The van der Waals surface area contributed by atoms with E-state index in [9.17, 15) is 0 Å². The molecule has 0 bridgehead atoms. The number of ether oxygens (including phenoxy) is 2. The summed E-state index contributed by atoms with van der Waals surface area (Å²) < 4.78 is 10.5. The molecule has 1 fully saturated rings. The first kappa shape index (κ1) is 12.0. The van der Waals surface area contributed by atoms with Gasteiger partial charge in [0.25, 0.3) is 0 Å². The highest BCUT2D eigenvalue weighted by molar-refractivity contribution is 4.66. The molecule has 1 atom stereocenters. The van der Waals surface area contributed by atoms with Gasteiger partial charge < -0.3 is 9.47 Å². The molecule has 1 heterocycles. The van der Waals surface area contributed by atoms with E-state index in [1.165, 1.54) is 32.1 Å². The van der Waals surface area contributed by atoms with Crippen molar-refractivity contribution in [2.75, 3.05) is 19.8 Å². The van der Waals surface area contributed by atoms with Crippen LogP contribution in [0.15, 0.2) is 0 Å². The van der Waals surface area contributed by atoms with E-state index in [2.05, 4.69) is 13.8 Å². The second-order valence-electron chi connectivity index (χ2n) is 4.63. The van der Waals surface area contributed by atoms with Gasteiger partial charge in [-0.15, -0.1) is 0 Å². The molecule has 1 saturated heterocycles. The van der Waals surface area contributed by atoms with Crippen LogP contribution >= 0.6 is 0 Å². The minimum Gasteiger partial charge on any atom is -0.379 e. The van der Waals surface area contributed by atoms with Crippen LogP contribution in [0.2, 0.25) is 0 Å². The molecule has 2 nitrogen and oxygen atoms in total. The standard InChI is InChI=1S/C12H24O2/c1-11(2)7-5-3-4-6-8-13-9-12-10-14-12/h11-12H,3-10H2,1-2H3/t12-/m0/s1. The van der Waals surface area contributed by atoms with Gasteiger partial charge in [-0.05, 0) is 12.3 Å². The molecule has 0 radical (unpaired) electrons. The maximum Gasteiger partial charge on any atom is 0.104 e. The van der Waals surface area contributed by atoms with Gasteiger partial charge in [0.1, 0.15) is 6.10 Å². The topological polar surface area (TPSA) is 21.8 Å². The summed E-state index contributed by atoms with van der Waals surface area (Å²) in [5.74, 6) is 0.860. The minimum absolute atomic E-state index is 0.427. The molecule has 0 aromatic carbocycles. The summed E-state index contributed by atoms with van der Waals surface area (Å²) in [4.78, 5) is 0. The Balaban J connectivity index is 1.66. The lowest BCUT2D eigenvalue weighted by molar-refractivity contribution is 0.113. The lowest BCUT2D eigenvalue weighted by Crippen LogP contribution is -2.02. The molecule has 0 unspecified atom stereocenters. The molecule has 0 saturated carbocycles. The SMILES string of the molecule is CC(C)CCCCCCOC[C@H]1CO1. The summed E-state index contributed by atoms with van der Waals surface area (Å²) in [5.41, 5.74) is 0. The molecule has 0 spiro atoms. The molecule has 0 amide bonds. The van der Waals surface area contributed by atoms with Crippen molar-refractivity contribution < 1.29 is 9.47 Å².